The topological polar surface area (TPSA) is 81.6 Å². The first kappa shape index (κ1) is 12.2. The molecular formula is C11H16N4O. The Balaban J connectivity index is 2.61. The molecule has 1 aromatic rings. The number of nitriles is 1. The number of carbonyl (C=O) groups excluding carboxylic acids is 1. The lowest BCUT2D eigenvalue weighted by Gasteiger charge is -2.18. The van der Waals surface area contributed by atoms with Crippen LogP contribution in [0.15, 0.2) is 6.20 Å². The second-order valence-electron chi connectivity index (χ2n) is 4.00. The molecule has 1 atom stereocenters. The molecule has 1 aromatic heterocycles. The molecule has 0 saturated heterocycles. The van der Waals surface area contributed by atoms with Gasteiger partial charge in [-0.2, -0.15) is 10.4 Å². The number of carbonyl (C=O) groups is 1. The van der Waals surface area contributed by atoms with Gasteiger partial charge in [-0.05, 0) is 20.3 Å². The van der Waals surface area contributed by atoms with E-state index in [0.29, 0.717) is 13.0 Å². The van der Waals surface area contributed by atoms with E-state index < -0.39 is 5.41 Å². The summed E-state index contributed by atoms with van der Waals surface area (Å²) >= 11 is 0. The predicted molar refractivity (Wildman–Crippen MR) is 59.2 cm³/mol. The molecule has 2 N–H and O–H groups in total. The fourth-order valence-corrected chi connectivity index (χ4v) is 1.21. The highest BCUT2D eigenvalue weighted by Gasteiger charge is 2.30. The van der Waals surface area contributed by atoms with Gasteiger partial charge in [0.25, 0.3) is 0 Å². The fourth-order valence-electron chi connectivity index (χ4n) is 1.21. The number of nitrogens with one attached hydrogen (secondary N) is 2. The van der Waals surface area contributed by atoms with Gasteiger partial charge in [0.15, 0.2) is 0 Å². The first-order valence-corrected chi connectivity index (χ1v) is 5.22. The standard InChI is InChI=1S/C11H16N4O/c1-4-11(3,7-12)10(16)13-5-9-6-14-15-8(9)2/h6H,4-5H2,1-3H3,(H,13,16)(H,14,15). The predicted octanol–water partition coefficient (Wildman–Crippen LogP) is 1.27. The molecule has 0 aliphatic heterocycles. The van der Waals surface area contributed by atoms with E-state index in [4.69, 9.17) is 5.26 Å². The number of hydrogen-bond acceptors (Lipinski definition) is 3. The minimum Gasteiger partial charge on any atom is -0.351 e. The molecule has 1 unspecified atom stereocenters. The Labute approximate surface area is 94.9 Å². The van der Waals surface area contributed by atoms with E-state index in [9.17, 15) is 4.79 Å². The molecule has 0 saturated carbocycles. The van der Waals surface area contributed by atoms with Gasteiger partial charge in [-0.25, -0.2) is 0 Å². The SMILES string of the molecule is CCC(C)(C#N)C(=O)NCc1cn[nH]c1C. The van der Waals surface area contributed by atoms with Gasteiger partial charge in [0.05, 0.1) is 12.3 Å². The van der Waals surface area contributed by atoms with Crippen LogP contribution in [-0.4, -0.2) is 16.1 Å². The van der Waals surface area contributed by atoms with Gasteiger partial charge in [-0.3, -0.25) is 9.89 Å². The summed E-state index contributed by atoms with van der Waals surface area (Å²) in [7, 11) is 0. The van der Waals surface area contributed by atoms with Crippen molar-refractivity contribution in [2.75, 3.05) is 0 Å². The number of H-pyrrole nitrogens is 1. The van der Waals surface area contributed by atoms with Gasteiger partial charge in [-0.15, -0.1) is 0 Å². The van der Waals surface area contributed by atoms with E-state index in [1.54, 1.807) is 13.1 Å². The van der Waals surface area contributed by atoms with Crippen molar-refractivity contribution < 1.29 is 4.79 Å². The monoisotopic (exact) mass is 220 g/mol. The zero-order valence-electron chi connectivity index (χ0n) is 9.79. The lowest BCUT2D eigenvalue weighted by atomic mass is 9.88. The Hall–Kier alpha value is -1.83. The summed E-state index contributed by atoms with van der Waals surface area (Å²) in [6.07, 6.45) is 2.17. The second kappa shape index (κ2) is 4.79. The highest BCUT2D eigenvalue weighted by atomic mass is 16.2. The van der Waals surface area contributed by atoms with Gasteiger partial charge >= 0.3 is 0 Å². The number of aryl methyl sites for hydroxylation is 1. The van der Waals surface area contributed by atoms with Gasteiger partial charge in [0, 0.05) is 17.8 Å². The van der Waals surface area contributed by atoms with Crippen LogP contribution < -0.4 is 5.32 Å². The van der Waals surface area contributed by atoms with E-state index in [0.717, 1.165) is 11.3 Å². The third-order valence-corrected chi connectivity index (χ3v) is 2.83. The van der Waals surface area contributed by atoms with Crippen LogP contribution in [0.3, 0.4) is 0 Å². The fraction of sp³-hybridized carbons (Fsp3) is 0.545. The first-order valence-electron chi connectivity index (χ1n) is 5.22. The summed E-state index contributed by atoms with van der Waals surface area (Å²) in [6.45, 7) is 5.76. The molecule has 0 radical (unpaired) electrons. The average molecular weight is 220 g/mol. The largest absolute Gasteiger partial charge is 0.351 e. The molecule has 0 aliphatic rings. The zero-order chi connectivity index (χ0) is 12.2. The van der Waals surface area contributed by atoms with Gasteiger partial charge in [-0.1, -0.05) is 6.92 Å². The Morgan fingerprint density at radius 1 is 1.75 bits per heavy atom. The highest BCUT2D eigenvalue weighted by molar-refractivity contribution is 5.84. The number of rotatable bonds is 4. The van der Waals surface area contributed by atoms with Gasteiger partial charge in [0.1, 0.15) is 5.41 Å². The summed E-state index contributed by atoms with van der Waals surface area (Å²) in [4.78, 5) is 11.8. The third kappa shape index (κ3) is 2.40. The molecule has 1 amide bonds. The van der Waals surface area contributed by atoms with Crippen LogP contribution in [0.25, 0.3) is 0 Å². The molecule has 0 spiro atoms. The van der Waals surface area contributed by atoms with Crippen molar-refractivity contribution in [3.63, 3.8) is 0 Å². The summed E-state index contributed by atoms with van der Waals surface area (Å²) < 4.78 is 0. The zero-order valence-corrected chi connectivity index (χ0v) is 9.79. The molecule has 0 bridgehead atoms. The minimum absolute atomic E-state index is 0.238. The number of aromatic nitrogens is 2. The van der Waals surface area contributed by atoms with E-state index in [-0.39, 0.29) is 5.91 Å². The molecular weight excluding hydrogens is 204 g/mol. The van der Waals surface area contributed by atoms with E-state index in [1.165, 1.54) is 0 Å². The molecule has 0 fully saturated rings. The maximum atomic E-state index is 11.8. The summed E-state index contributed by atoms with van der Waals surface area (Å²) in [5, 5.41) is 18.3. The number of amides is 1. The Morgan fingerprint density at radius 3 is 2.88 bits per heavy atom. The van der Waals surface area contributed by atoms with Crippen LogP contribution in [-0.2, 0) is 11.3 Å². The van der Waals surface area contributed by atoms with Crippen LogP contribution in [0.4, 0.5) is 0 Å². The van der Waals surface area contributed by atoms with Crippen molar-refractivity contribution >= 4 is 5.91 Å². The Morgan fingerprint density at radius 2 is 2.44 bits per heavy atom. The summed E-state index contributed by atoms with van der Waals surface area (Å²) in [5.74, 6) is -0.238. The first-order chi connectivity index (χ1) is 7.53. The maximum absolute atomic E-state index is 11.8. The average Bonchev–Trinajstić information content (AvgIpc) is 2.70. The maximum Gasteiger partial charge on any atom is 0.240 e. The third-order valence-electron chi connectivity index (χ3n) is 2.83. The van der Waals surface area contributed by atoms with Crippen LogP contribution in [0.5, 0.6) is 0 Å². The number of aromatic amines is 1. The van der Waals surface area contributed by atoms with Crippen molar-refractivity contribution in [1.82, 2.24) is 15.5 Å². The molecule has 0 aliphatic carbocycles. The highest BCUT2D eigenvalue weighted by Crippen LogP contribution is 2.19. The van der Waals surface area contributed by atoms with Crippen LogP contribution in [0.2, 0.25) is 0 Å². The van der Waals surface area contributed by atoms with E-state index in [1.807, 2.05) is 19.9 Å². The molecule has 16 heavy (non-hydrogen) atoms. The van der Waals surface area contributed by atoms with E-state index >= 15 is 0 Å². The van der Waals surface area contributed by atoms with Crippen molar-refractivity contribution in [2.45, 2.75) is 33.7 Å². The quantitative estimate of drug-likeness (QED) is 0.801. The number of hydrogen-bond donors (Lipinski definition) is 2. The van der Waals surface area contributed by atoms with Crippen molar-refractivity contribution in [2.24, 2.45) is 5.41 Å². The van der Waals surface area contributed by atoms with Crippen LogP contribution in [0, 0.1) is 23.7 Å². The summed E-state index contributed by atoms with van der Waals surface area (Å²) in [5.41, 5.74) is 0.915. The molecule has 5 nitrogen and oxygen atoms in total. The lowest BCUT2D eigenvalue weighted by Crippen LogP contribution is -2.37. The molecule has 1 heterocycles. The van der Waals surface area contributed by atoms with Crippen LogP contribution >= 0.6 is 0 Å². The van der Waals surface area contributed by atoms with Crippen molar-refractivity contribution in [3.05, 3.63) is 17.5 Å². The molecule has 1 rings (SSSR count). The van der Waals surface area contributed by atoms with E-state index in [2.05, 4.69) is 15.5 Å². The molecule has 86 valence electrons. The lowest BCUT2D eigenvalue weighted by molar-refractivity contribution is -0.127. The molecule has 5 heteroatoms. The van der Waals surface area contributed by atoms with Crippen molar-refractivity contribution in [1.29, 1.82) is 5.26 Å². The summed E-state index contributed by atoms with van der Waals surface area (Å²) in [6, 6.07) is 2.04. The minimum atomic E-state index is -0.947. The smallest absolute Gasteiger partial charge is 0.240 e. The Kier molecular flexibility index (Phi) is 3.67. The number of nitrogens with zero attached hydrogens (tertiary/aromatic N) is 2. The normalized spacial score (nSPS) is 13.9. The molecule has 0 aromatic carbocycles. The van der Waals surface area contributed by atoms with Crippen molar-refractivity contribution in [3.8, 4) is 6.07 Å². The van der Waals surface area contributed by atoms with Crippen LogP contribution in [0.1, 0.15) is 31.5 Å². The Bertz CT molecular complexity index is 418. The second-order valence-corrected chi connectivity index (χ2v) is 4.00. The van der Waals surface area contributed by atoms with Gasteiger partial charge < -0.3 is 5.32 Å². The van der Waals surface area contributed by atoms with Gasteiger partial charge in [0.2, 0.25) is 5.91 Å².